The Hall–Kier alpha value is -2.15. The van der Waals surface area contributed by atoms with Crippen LogP contribution in [0.15, 0.2) is 6.58 Å². The van der Waals surface area contributed by atoms with E-state index in [1.165, 1.54) is 0 Å². The van der Waals surface area contributed by atoms with Crippen molar-refractivity contribution in [3.8, 4) is 0 Å². The van der Waals surface area contributed by atoms with Gasteiger partial charge in [-0.15, -0.1) is 0 Å². The molecule has 0 bridgehead atoms. The van der Waals surface area contributed by atoms with Crippen molar-refractivity contribution in [3.05, 3.63) is 23.8 Å². The van der Waals surface area contributed by atoms with E-state index in [1.54, 1.807) is 13.1 Å². The van der Waals surface area contributed by atoms with Crippen LogP contribution in [0.5, 0.6) is 0 Å². The summed E-state index contributed by atoms with van der Waals surface area (Å²) in [5, 5.41) is 5.49. The molecule has 0 saturated heterocycles. The van der Waals surface area contributed by atoms with E-state index >= 15 is 0 Å². The molecule has 1 atom stereocenters. The summed E-state index contributed by atoms with van der Waals surface area (Å²) < 4.78 is 2.05. The van der Waals surface area contributed by atoms with E-state index < -0.39 is 11.5 Å². The number of hydrogen-bond acceptors (Lipinski definition) is 4. The topological polar surface area (TPSA) is 79.3 Å². The SMILES string of the molecule is C=Cc1nc(C(=O)N[C@H](C(=O)NC)C(C)(C)C)c2n1CCCN(C)C2. The highest BCUT2D eigenvalue weighted by molar-refractivity contribution is 5.97. The average Bonchev–Trinajstić information content (AvgIpc) is 2.76. The zero-order valence-electron chi connectivity index (χ0n) is 15.8. The van der Waals surface area contributed by atoms with Crippen molar-refractivity contribution in [2.24, 2.45) is 5.41 Å². The van der Waals surface area contributed by atoms with Gasteiger partial charge in [0, 0.05) is 20.1 Å². The number of fused-ring (bicyclic) bond motifs is 1. The minimum Gasteiger partial charge on any atom is -0.357 e. The van der Waals surface area contributed by atoms with E-state index in [1.807, 2.05) is 27.8 Å². The van der Waals surface area contributed by atoms with Gasteiger partial charge < -0.3 is 20.1 Å². The second-order valence-electron chi connectivity index (χ2n) is 7.60. The molecule has 2 N–H and O–H groups in total. The Balaban J connectivity index is 2.37. The molecule has 1 aliphatic rings. The van der Waals surface area contributed by atoms with Crippen LogP contribution in [0.25, 0.3) is 6.08 Å². The fourth-order valence-electron chi connectivity index (χ4n) is 3.11. The first-order valence-corrected chi connectivity index (χ1v) is 8.62. The molecule has 0 radical (unpaired) electrons. The summed E-state index contributed by atoms with van der Waals surface area (Å²) in [6.45, 7) is 12.0. The van der Waals surface area contributed by atoms with Gasteiger partial charge in [0.25, 0.3) is 5.91 Å². The normalized spacial score (nSPS) is 16.5. The number of carbonyl (C=O) groups excluding carboxylic acids is 2. The summed E-state index contributed by atoms with van der Waals surface area (Å²) >= 11 is 0. The maximum atomic E-state index is 12.9. The summed E-state index contributed by atoms with van der Waals surface area (Å²) in [5.74, 6) is 0.158. The zero-order valence-corrected chi connectivity index (χ0v) is 15.8. The van der Waals surface area contributed by atoms with Crippen molar-refractivity contribution in [1.29, 1.82) is 0 Å². The molecule has 25 heavy (non-hydrogen) atoms. The number of carbonyl (C=O) groups is 2. The van der Waals surface area contributed by atoms with Gasteiger partial charge in [0.1, 0.15) is 11.9 Å². The lowest BCUT2D eigenvalue weighted by Crippen LogP contribution is -2.53. The first-order chi connectivity index (χ1) is 11.7. The summed E-state index contributed by atoms with van der Waals surface area (Å²) in [5.41, 5.74) is 0.837. The molecule has 7 nitrogen and oxygen atoms in total. The van der Waals surface area contributed by atoms with Crippen molar-refractivity contribution >= 4 is 17.9 Å². The molecule has 138 valence electrons. The zero-order chi connectivity index (χ0) is 18.8. The van der Waals surface area contributed by atoms with Gasteiger partial charge in [-0.1, -0.05) is 27.4 Å². The first kappa shape index (κ1) is 19.2. The molecule has 0 aliphatic carbocycles. The molecule has 7 heteroatoms. The van der Waals surface area contributed by atoms with Gasteiger partial charge in [0.05, 0.1) is 5.69 Å². The minimum atomic E-state index is -0.641. The molecule has 0 spiro atoms. The second kappa shape index (κ2) is 7.39. The molecule has 0 unspecified atom stereocenters. The fraction of sp³-hybridized carbons (Fsp3) is 0.611. The van der Waals surface area contributed by atoms with Crippen molar-refractivity contribution in [3.63, 3.8) is 0 Å². The van der Waals surface area contributed by atoms with Crippen LogP contribution in [0.1, 0.15) is 49.2 Å². The van der Waals surface area contributed by atoms with Crippen LogP contribution in [-0.4, -0.2) is 52.9 Å². The monoisotopic (exact) mass is 347 g/mol. The quantitative estimate of drug-likeness (QED) is 0.859. The minimum absolute atomic E-state index is 0.216. The second-order valence-corrected chi connectivity index (χ2v) is 7.60. The van der Waals surface area contributed by atoms with Gasteiger partial charge in [0.15, 0.2) is 5.69 Å². The van der Waals surface area contributed by atoms with Crippen LogP contribution in [0.2, 0.25) is 0 Å². The number of nitrogens with zero attached hydrogens (tertiary/aromatic N) is 3. The van der Waals surface area contributed by atoms with Crippen LogP contribution >= 0.6 is 0 Å². The van der Waals surface area contributed by atoms with Gasteiger partial charge in [0.2, 0.25) is 5.91 Å². The van der Waals surface area contributed by atoms with E-state index in [0.717, 1.165) is 25.2 Å². The number of hydrogen-bond donors (Lipinski definition) is 2. The van der Waals surface area contributed by atoms with E-state index in [-0.39, 0.29) is 11.8 Å². The molecule has 2 heterocycles. The molecule has 1 aliphatic heterocycles. The van der Waals surface area contributed by atoms with E-state index in [0.29, 0.717) is 18.1 Å². The molecule has 0 saturated carbocycles. The lowest BCUT2D eigenvalue weighted by atomic mass is 9.86. The molecule has 0 fully saturated rings. The van der Waals surface area contributed by atoms with Gasteiger partial charge in [-0.3, -0.25) is 9.59 Å². The van der Waals surface area contributed by atoms with Crippen LogP contribution in [0.4, 0.5) is 0 Å². The third-order valence-corrected chi connectivity index (χ3v) is 4.49. The summed E-state index contributed by atoms with van der Waals surface area (Å²) in [6, 6.07) is -0.641. The molecule has 2 rings (SSSR count). The Morgan fingerprint density at radius 2 is 2.00 bits per heavy atom. The Bertz CT molecular complexity index is 672. The van der Waals surface area contributed by atoms with Gasteiger partial charge >= 0.3 is 0 Å². The van der Waals surface area contributed by atoms with E-state index in [2.05, 4.69) is 31.7 Å². The van der Waals surface area contributed by atoms with Crippen LogP contribution in [0, 0.1) is 5.41 Å². The van der Waals surface area contributed by atoms with Crippen molar-refractivity contribution in [2.75, 3.05) is 20.6 Å². The van der Waals surface area contributed by atoms with Gasteiger partial charge in [-0.25, -0.2) is 4.98 Å². The third kappa shape index (κ3) is 4.10. The Morgan fingerprint density at radius 3 is 2.56 bits per heavy atom. The largest absolute Gasteiger partial charge is 0.357 e. The van der Waals surface area contributed by atoms with Gasteiger partial charge in [-0.2, -0.15) is 0 Å². The Morgan fingerprint density at radius 1 is 1.32 bits per heavy atom. The number of rotatable bonds is 4. The lowest BCUT2D eigenvalue weighted by molar-refractivity contribution is -0.124. The third-order valence-electron chi connectivity index (χ3n) is 4.49. The van der Waals surface area contributed by atoms with Gasteiger partial charge in [-0.05, 0) is 31.5 Å². The van der Waals surface area contributed by atoms with Crippen LogP contribution in [-0.2, 0) is 17.9 Å². The number of aromatic nitrogens is 2. The predicted octanol–water partition coefficient (Wildman–Crippen LogP) is 1.25. The van der Waals surface area contributed by atoms with Crippen molar-refractivity contribution < 1.29 is 9.59 Å². The molecule has 0 aromatic carbocycles. The summed E-state index contributed by atoms with van der Waals surface area (Å²) in [6.07, 6.45) is 2.66. The first-order valence-electron chi connectivity index (χ1n) is 8.62. The number of amides is 2. The number of likely N-dealkylation sites (N-methyl/N-ethyl adjacent to an activating group) is 1. The van der Waals surface area contributed by atoms with Crippen molar-refractivity contribution in [1.82, 2.24) is 25.1 Å². The highest BCUT2D eigenvalue weighted by Gasteiger charge is 2.34. The highest BCUT2D eigenvalue weighted by atomic mass is 16.2. The maximum absolute atomic E-state index is 12.9. The molecular formula is C18H29N5O2. The Labute approximate surface area is 149 Å². The summed E-state index contributed by atoms with van der Waals surface area (Å²) in [7, 11) is 3.60. The molecular weight excluding hydrogens is 318 g/mol. The van der Waals surface area contributed by atoms with Crippen LogP contribution < -0.4 is 10.6 Å². The van der Waals surface area contributed by atoms with E-state index in [4.69, 9.17) is 0 Å². The van der Waals surface area contributed by atoms with Crippen LogP contribution in [0.3, 0.4) is 0 Å². The fourth-order valence-corrected chi connectivity index (χ4v) is 3.11. The summed E-state index contributed by atoms with van der Waals surface area (Å²) in [4.78, 5) is 31.8. The molecule has 1 aromatic heterocycles. The number of imidazole rings is 1. The predicted molar refractivity (Wildman–Crippen MR) is 98.0 cm³/mol. The van der Waals surface area contributed by atoms with Crippen molar-refractivity contribution in [2.45, 2.75) is 46.3 Å². The van der Waals surface area contributed by atoms with E-state index in [9.17, 15) is 9.59 Å². The standard InChI is InChI=1S/C18H29N5O2/c1-7-13-20-14(12-11-22(6)9-8-10-23(12)13)16(24)21-15(17(25)19-5)18(2,3)4/h7,15H,1,8-11H2,2-6H3,(H,19,25)(H,21,24)/t15-/m1/s1. The number of nitrogens with one attached hydrogen (secondary N) is 2. The molecule has 1 aromatic rings. The smallest absolute Gasteiger partial charge is 0.272 e. The highest BCUT2D eigenvalue weighted by Crippen LogP contribution is 2.22. The Kier molecular flexibility index (Phi) is 5.67. The molecule has 2 amide bonds. The average molecular weight is 347 g/mol. The maximum Gasteiger partial charge on any atom is 0.272 e. The lowest BCUT2D eigenvalue weighted by Gasteiger charge is -2.29.